The Kier molecular flexibility index (Phi) is 4.15. The second-order valence-corrected chi connectivity index (χ2v) is 4.67. The number of nitrogens with two attached hydrogens (primary N) is 1. The van der Waals surface area contributed by atoms with Crippen LogP contribution in [0.15, 0.2) is 12.1 Å². The predicted molar refractivity (Wildman–Crippen MR) is 73.5 cm³/mol. The highest BCUT2D eigenvalue weighted by Crippen LogP contribution is 2.36. The molecule has 0 atom stereocenters. The van der Waals surface area contributed by atoms with Crippen LogP contribution in [0.5, 0.6) is 11.5 Å². The zero-order valence-corrected chi connectivity index (χ0v) is 11.0. The standard InChI is InChI=1S/C13H21N3O2/c1-16(2)5-3-4-15-11-9-13-12(8-10(11)14)17-6-7-18-13/h8-9,15H,3-7,14H2,1-2H3. The van der Waals surface area contributed by atoms with Crippen LogP contribution < -0.4 is 20.5 Å². The van der Waals surface area contributed by atoms with Gasteiger partial charge < -0.3 is 25.4 Å². The fourth-order valence-electron chi connectivity index (χ4n) is 1.88. The largest absolute Gasteiger partial charge is 0.486 e. The maximum atomic E-state index is 5.98. The molecule has 1 heterocycles. The maximum absolute atomic E-state index is 5.98. The fraction of sp³-hybridized carbons (Fsp3) is 0.538. The molecule has 1 aliphatic heterocycles. The first kappa shape index (κ1) is 12.8. The topological polar surface area (TPSA) is 59.8 Å². The second kappa shape index (κ2) is 5.82. The molecule has 2 rings (SSSR count). The number of nitrogens with zero attached hydrogens (tertiary/aromatic N) is 1. The van der Waals surface area contributed by atoms with E-state index in [1.165, 1.54) is 0 Å². The highest BCUT2D eigenvalue weighted by molar-refractivity contribution is 5.72. The van der Waals surface area contributed by atoms with Crippen molar-refractivity contribution in [3.05, 3.63) is 12.1 Å². The van der Waals surface area contributed by atoms with Gasteiger partial charge in [-0.2, -0.15) is 0 Å². The highest BCUT2D eigenvalue weighted by Gasteiger charge is 2.14. The van der Waals surface area contributed by atoms with Crippen molar-refractivity contribution in [3.63, 3.8) is 0 Å². The Morgan fingerprint density at radius 1 is 1.22 bits per heavy atom. The molecular formula is C13H21N3O2. The highest BCUT2D eigenvalue weighted by atomic mass is 16.6. The molecule has 0 saturated carbocycles. The third-order valence-electron chi connectivity index (χ3n) is 2.81. The molecule has 100 valence electrons. The van der Waals surface area contributed by atoms with Gasteiger partial charge in [0.25, 0.3) is 0 Å². The molecule has 5 heteroatoms. The molecule has 0 aromatic heterocycles. The lowest BCUT2D eigenvalue weighted by Gasteiger charge is -2.20. The number of anilines is 2. The summed E-state index contributed by atoms with van der Waals surface area (Å²) in [4.78, 5) is 2.16. The average Bonchev–Trinajstić information content (AvgIpc) is 2.34. The van der Waals surface area contributed by atoms with Gasteiger partial charge in [0.1, 0.15) is 13.2 Å². The number of nitrogens with one attached hydrogen (secondary N) is 1. The summed E-state index contributed by atoms with van der Waals surface area (Å²) in [5, 5.41) is 3.33. The Morgan fingerprint density at radius 3 is 2.56 bits per heavy atom. The van der Waals surface area contributed by atoms with Crippen molar-refractivity contribution in [2.45, 2.75) is 6.42 Å². The molecule has 0 saturated heterocycles. The van der Waals surface area contributed by atoms with E-state index in [0.717, 1.165) is 36.7 Å². The van der Waals surface area contributed by atoms with Gasteiger partial charge in [-0.3, -0.25) is 0 Å². The lowest BCUT2D eigenvalue weighted by atomic mass is 10.2. The van der Waals surface area contributed by atoms with Crippen LogP contribution in [0.1, 0.15) is 6.42 Å². The van der Waals surface area contributed by atoms with Crippen LogP contribution in [-0.2, 0) is 0 Å². The van der Waals surface area contributed by atoms with Crippen molar-refractivity contribution >= 4 is 11.4 Å². The summed E-state index contributed by atoms with van der Waals surface area (Å²) in [6.45, 7) is 3.12. The van der Waals surface area contributed by atoms with Crippen molar-refractivity contribution in [3.8, 4) is 11.5 Å². The van der Waals surface area contributed by atoms with Crippen molar-refractivity contribution < 1.29 is 9.47 Å². The van der Waals surface area contributed by atoms with Crippen molar-refractivity contribution in [2.24, 2.45) is 0 Å². The van der Waals surface area contributed by atoms with Gasteiger partial charge in [0.15, 0.2) is 11.5 Å². The average molecular weight is 251 g/mol. The van der Waals surface area contributed by atoms with Crippen LogP contribution in [0.4, 0.5) is 11.4 Å². The van der Waals surface area contributed by atoms with Crippen LogP contribution in [0, 0.1) is 0 Å². The summed E-state index contributed by atoms with van der Waals surface area (Å²) in [6, 6.07) is 3.74. The van der Waals surface area contributed by atoms with Gasteiger partial charge in [0, 0.05) is 18.7 Å². The molecule has 0 radical (unpaired) electrons. The summed E-state index contributed by atoms with van der Waals surface area (Å²) in [7, 11) is 4.14. The van der Waals surface area contributed by atoms with Crippen LogP contribution >= 0.6 is 0 Å². The first-order valence-corrected chi connectivity index (χ1v) is 6.24. The van der Waals surface area contributed by atoms with Gasteiger partial charge in [-0.15, -0.1) is 0 Å². The molecule has 0 spiro atoms. The van der Waals surface area contributed by atoms with E-state index in [1.807, 2.05) is 12.1 Å². The minimum atomic E-state index is 0.585. The lowest BCUT2D eigenvalue weighted by molar-refractivity contribution is 0.172. The lowest BCUT2D eigenvalue weighted by Crippen LogP contribution is -2.18. The van der Waals surface area contributed by atoms with E-state index in [0.29, 0.717) is 18.9 Å². The minimum Gasteiger partial charge on any atom is -0.486 e. The van der Waals surface area contributed by atoms with Crippen molar-refractivity contribution in [1.82, 2.24) is 4.90 Å². The number of nitrogen functional groups attached to an aromatic ring is 1. The molecule has 1 aliphatic rings. The molecule has 1 aromatic carbocycles. The number of ether oxygens (including phenoxy) is 2. The number of hydrogen-bond donors (Lipinski definition) is 2. The third-order valence-corrected chi connectivity index (χ3v) is 2.81. The molecule has 0 bridgehead atoms. The maximum Gasteiger partial charge on any atom is 0.163 e. The number of fused-ring (bicyclic) bond motifs is 1. The number of hydrogen-bond acceptors (Lipinski definition) is 5. The van der Waals surface area contributed by atoms with Crippen LogP contribution in [-0.4, -0.2) is 45.3 Å². The quantitative estimate of drug-likeness (QED) is 0.612. The molecule has 0 amide bonds. The third kappa shape index (κ3) is 3.20. The summed E-state index contributed by atoms with van der Waals surface area (Å²) in [6.07, 6.45) is 1.07. The van der Waals surface area contributed by atoms with E-state index < -0.39 is 0 Å². The van der Waals surface area contributed by atoms with E-state index in [9.17, 15) is 0 Å². The fourth-order valence-corrected chi connectivity index (χ4v) is 1.88. The van der Waals surface area contributed by atoms with E-state index >= 15 is 0 Å². The van der Waals surface area contributed by atoms with Gasteiger partial charge in [0.2, 0.25) is 0 Å². The number of benzene rings is 1. The van der Waals surface area contributed by atoms with E-state index in [-0.39, 0.29) is 0 Å². The molecule has 3 N–H and O–H groups in total. The summed E-state index contributed by atoms with van der Waals surface area (Å²) in [5.74, 6) is 1.50. The Hall–Kier alpha value is -1.62. The minimum absolute atomic E-state index is 0.585. The van der Waals surface area contributed by atoms with Crippen LogP contribution in [0.3, 0.4) is 0 Å². The monoisotopic (exact) mass is 251 g/mol. The normalized spacial score (nSPS) is 13.7. The SMILES string of the molecule is CN(C)CCCNc1cc2c(cc1N)OCCO2. The van der Waals surface area contributed by atoms with Crippen molar-refractivity contribution in [2.75, 3.05) is 51.4 Å². The molecule has 1 aromatic rings. The van der Waals surface area contributed by atoms with E-state index in [2.05, 4.69) is 24.3 Å². The summed E-state index contributed by atoms with van der Waals surface area (Å²) in [5.41, 5.74) is 7.59. The molecular weight excluding hydrogens is 230 g/mol. The molecule has 0 aliphatic carbocycles. The van der Waals surface area contributed by atoms with Crippen LogP contribution in [0.2, 0.25) is 0 Å². The number of rotatable bonds is 5. The van der Waals surface area contributed by atoms with Gasteiger partial charge >= 0.3 is 0 Å². The summed E-state index contributed by atoms with van der Waals surface area (Å²) >= 11 is 0. The zero-order valence-electron chi connectivity index (χ0n) is 11.0. The van der Waals surface area contributed by atoms with Gasteiger partial charge in [-0.25, -0.2) is 0 Å². The Morgan fingerprint density at radius 2 is 1.89 bits per heavy atom. The smallest absolute Gasteiger partial charge is 0.163 e. The van der Waals surface area contributed by atoms with E-state index in [4.69, 9.17) is 15.2 Å². The van der Waals surface area contributed by atoms with E-state index in [1.54, 1.807) is 0 Å². The second-order valence-electron chi connectivity index (χ2n) is 4.67. The molecule has 0 fully saturated rings. The van der Waals surface area contributed by atoms with Gasteiger partial charge in [-0.05, 0) is 27.1 Å². The summed E-state index contributed by atoms with van der Waals surface area (Å²) < 4.78 is 11.0. The van der Waals surface area contributed by atoms with Crippen molar-refractivity contribution in [1.29, 1.82) is 0 Å². The zero-order chi connectivity index (χ0) is 13.0. The first-order valence-electron chi connectivity index (χ1n) is 6.24. The Balaban J connectivity index is 1.95. The predicted octanol–water partition coefficient (Wildman–Crippen LogP) is 1.40. The Labute approximate surface area is 108 Å². The molecule has 18 heavy (non-hydrogen) atoms. The molecule has 5 nitrogen and oxygen atoms in total. The van der Waals surface area contributed by atoms with Gasteiger partial charge in [0.05, 0.1) is 11.4 Å². The van der Waals surface area contributed by atoms with Crippen LogP contribution in [0.25, 0.3) is 0 Å². The van der Waals surface area contributed by atoms with Gasteiger partial charge in [-0.1, -0.05) is 0 Å². The first-order chi connectivity index (χ1) is 8.66. The Bertz CT molecular complexity index is 407. The molecule has 0 unspecified atom stereocenters.